The molecule has 2 aromatic heterocycles. The van der Waals surface area contributed by atoms with E-state index in [1.165, 1.54) is 0 Å². The summed E-state index contributed by atoms with van der Waals surface area (Å²) in [5.41, 5.74) is 5.30. The standard InChI is InChI=1S/C25H23BrN2O3/c1-16-15-28(12-13-30-25(29)18-8-5-4-6-9-18)24(27-3)20-14-22(31-23(16)20)19-10-7-11-21(26)17(19)2/h4-11,14-15H,12-13H2,1-3H3. The van der Waals surface area contributed by atoms with Gasteiger partial charge in [-0.25, -0.2) is 4.79 Å². The van der Waals surface area contributed by atoms with E-state index in [9.17, 15) is 4.79 Å². The fraction of sp³-hybridized carbons (Fsp3) is 0.200. The van der Waals surface area contributed by atoms with Crippen LogP contribution in [0.2, 0.25) is 0 Å². The highest BCUT2D eigenvalue weighted by Crippen LogP contribution is 2.32. The molecule has 5 nitrogen and oxygen atoms in total. The molecule has 0 unspecified atom stereocenters. The summed E-state index contributed by atoms with van der Waals surface area (Å²) in [7, 11) is 1.76. The van der Waals surface area contributed by atoms with Gasteiger partial charge in [0.2, 0.25) is 0 Å². The Morgan fingerprint density at radius 1 is 1.13 bits per heavy atom. The third kappa shape index (κ3) is 4.21. The summed E-state index contributed by atoms with van der Waals surface area (Å²) in [6.07, 6.45) is 1.99. The third-order valence-corrected chi connectivity index (χ3v) is 6.13. The normalized spacial score (nSPS) is 11.8. The molecule has 4 aromatic rings. The van der Waals surface area contributed by atoms with E-state index < -0.39 is 0 Å². The molecule has 0 aliphatic rings. The molecule has 2 aromatic carbocycles. The number of halogens is 1. The monoisotopic (exact) mass is 478 g/mol. The Labute approximate surface area is 189 Å². The summed E-state index contributed by atoms with van der Waals surface area (Å²) in [5.74, 6) is 0.472. The number of pyridine rings is 1. The molecule has 0 atom stereocenters. The zero-order chi connectivity index (χ0) is 22.0. The van der Waals surface area contributed by atoms with Gasteiger partial charge in [0.1, 0.15) is 23.4 Å². The quantitative estimate of drug-likeness (QED) is 0.347. The fourth-order valence-electron chi connectivity index (χ4n) is 3.68. The Morgan fingerprint density at radius 3 is 2.65 bits per heavy atom. The van der Waals surface area contributed by atoms with Crippen molar-refractivity contribution in [2.75, 3.05) is 13.7 Å². The first-order valence-corrected chi connectivity index (χ1v) is 10.8. The molecule has 2 heterocycles. The number of esters is 1. The lowest BCUT2D eigenvalue weighted by Gasteiger charge is -2.10. The molecule has 0 N–H and O–H groups in total. The summed E-state index contributed by atoms with van der Waals surface area (Å²) in [6.45, 7) is 4.82. The minimum Gasteiger partial charge on any atom is -0.460 e. The minimum absolute atomic E-state index is 0.251. The van der Waals surface area contributed by atoms with Crippen LogP contribution in [0.1, 0.15) is 21.5 Å². The maximum absolute atomic E-state index is 12.2. The van der Waals surface area contributed by atoms with Crippen molar-refractivity contribution < 1.29 is 13.9 Å². The first kappa shape index (κ1) is 21.1. The van der Waals surface area contributed by atoms with Gasteiger partial charge in [-0.2, -0.15) is 0 Å². The van der Waals surface area contributed by atoms with E-state index in [1.807, 2.05) is 60.2 Å². The molecule has 0 amide bonds. The maximum Gasteiger partial charge on any atom is 0.338 e. The smallest absolute Gasteiger partial charge is 0.338 e. The summed E-state index contributed by atoms with van der Waals surface area (Å²) in [5, 5.41) is 0.936. The van der Waals surface area contributed by atoms with Crippen molar-refractivity contribution in [2.24, 2.45) is 4.99 Å². The van der Waals surface area contributed by atoms with Gasteiger partial charge in [0.05, 0.1) is 17.5 Å². The number of hydrogen-bond donors (Lipinski definition) is 0. The first-order valence-electron chi connectivity index (χ1n) is 10.0. The van der Waals surface area contributed by atoms with E-state index in [0.717, 1.165) is 43.4 Å². The lowest BCUT2D eigenvalue weighted by Crippen LogP contribution is -2.24. The Bertz CT molecular complexity index is 1320. The second-order valence-electron chi connectivity index (χ2n) is 7.32. The highest BCUT2D eigenvalue weighted by molar-refractivity contribution is 9.10. The van der Waals surface area contributed by atoms with Gasteiger partial charge in [-0.05, 0) is 43.7 Å². The second kappa shape index (κ2) is 8.94. The molecule has 6 heteroatoms. The number of hydrogen-bond acceptors (Lipinski definition) is 4. The lowest BCUT2D eigenvalue weighted by atomic mass is 10.1. The maximum atomic E-state index is 12.2. The Morgan fingerprint density at radius 2 is 1.90 bits per heavy atom. The Balaban J connectivity index is 1.65. The molecule has 0 bridgehead atoms. The number of nitrogens with zero attached hydrogens (tertiary/aromatic N) is 2. The number of aryl methyl sites for hydroxylation is 1. The van der Waals surface area contributed by atoms with Crippen molar-refractivity contribution >= 4 is 32.9 Å². The number of benzene rings is 2. The number of furan rings is 1. The number of aromatic nitrogens is 1. The fourth-order valence-corrected chi connectivity index (χ4v) is 4.05. The molecule has 0 aliphatic carbocycles. The molecule has 0 radical (unpaired) electrons. The molecule has 0 fully saturated rings. The summed E-state index contributed by atoms with van der Waals surface area (Å²) in [6, 6.07) is 17.1. The molecule has 0 spiro atoms. The zero-order valence-corrected chi connectivity index (χ0v) is 19.3. The van der Waals surface area contributed by atoms with Crippen LogP contribution >= 0.6 is 15.9 Å². The van der Waals surface area contributed by atoms with Crippen LogP contribution in [0.4, 0.5) is 0 Å². The van der Waals surface area contributed by atoms with Crippen molar-refractivity contribution in [3.63, 3.8) is 0 Å². The number of ether oxygens (including phenoxy) is 1. The van der Waals surface area contributed by atoms with Crippen LogP contribution in [-0.2, 0) is 11.3 Å². The van der Waals surface area contributed by atoms with Crippen LogP contribution in [-0.4, -0.2) is 24.2 Å². The van der Waals surface area contributed by atoms with Crippen LogP contribution in [0, 0.1) is 13.8 Å². The van der Waals surface area contributed by atoms with Crippen molar-refractivity contribution in [3.05, 3.63) is 87.4 Å². The van der Waals surface area contributed by atoms with E-state index in [1.54, 1.807) is 19.2 Å². The predicted molar refractivity (Wildman–Crippen MR) is 125 cm³/mol. The molecule has 31 heavy (non-hydrogen) atoms. The van der Waals surface area contributed by atoms with Crippen LogP contribution < -0.4 is 5.49 Å². The highest BCUT2D eigenvalue weighted by Gasteiger charge is 2.15. The SMILES string of the molecule is CN=c1c2cc(-c3cccc(Br)c3C)oc2c(C)cn1CCOC(=O)c1ccccc1. The van der Waals surface area contributed by atoms with Gasteiger partial charge in [0.25, 0.3) is 0 Å². The van der Waals surface area contributed by atoms with Crippen LogP contribution in [0.3, 0.4) is 0 Å². The molecule has 4 rings (SSSR count). The van der Waals surface area contributed by atoms with E-state index in [-0.39, 0.29) is 12.6 Å². The molecular weight excluding hydrogens is 456 g/mol. The van der Waals surface area contributed by atoms with Crippen molar-refractivity contribution in [2.45, 2.75) is 20.4 Å². The Hall–Kier alpha value is -3.12. The van der Waals surface area contributed by atoms with Gasteiger partial charge >= 0.3 is 5.97 Å². The summed E-state index contributed by atoms with van der Waals surface area (Å²) < 4.78 is 14.7. The van der Waals surface area contributed by atoms with E-state index in [4.69, 9.17) is 9.15 Å². The molecule has 0 saturated heterocycles. The average molecular weight is 479 g/mol. The highest BCUT2D eigenvalue weighted by atomic mass is 79.9. The number of carbonyl (C=O) groups excluding carboxylic acids is 1. The van der Waals surface area contributed by atoms with Gasteiger partial charge in [0.15, 0.2) is 0 Å². The number of fused-ring (bicyclic) bond motifs is 1. The van der Waals surface area contributed by atoms with E-state index >= 15 is 0 Å². The zero-order valence-electron chi connectivity index (χ0n) is 17.7. The van der Waals surface area contributed by atoms with Gasteiger partial charge in [-0.3, -0.25) is 4.99 Å². The molecule has 0 aliphatic heterocycles. The van der Waals surface area contributed by atoms with E-state index in [0.29, 0.717) is 12.1 Å². The molecule has 158 valence electrons. The second-order valence-corrected chi connectivity index (χ2v) is 8.17. The van der Waals surface area contributed by atoms with Gasteiger partial charge in [-0.15, -0.1) is 0 Å². The van der Waals surface area contributed by atoms with Crippen LogP contribution in [0.5, 0.6) is 0 Å². The molecular formula is C25H23BrN2O3. The average Bonchev–Trinajstić information content (AvgIpc) is 3.22. The van der Waals surface area contributed by atoms with Gasteiger partial charge < -0.3 is 13.7 Å². The first-order chi connectivity index (χ1) is 15.0. The topological polar surface area (TPSA) is 56.7 Å². The van der Waals surface area contributed by atoms with Gasteiger partial charge in [-0.1, -0.05) is 46.3 Å². The lowest BCUT2D eigenvalue weighted by molar-refractivity contribution is 0.0490. The van der Waals surface area contributed by atoms with E-state index in [2.05, 4.69) is 27.8 Å². The van der Waals surface area contributed by atoms with Crippen molar-refractivity contribution in [1.29, 1.82) is 0 Å². The largest absolute Gasteiger partial charge is 0.460 e. The van der Waals surface area contributed by atoms with Crippen LogP contribution in [0.15, 0.2) is 74.7 Å². The molecule has 0 saturated carbocycles. The number of rotatable bonds is 5. The van der Waals surface area contributed by atoms with Gasteiger partial charge in [0, 0.05) is 28.8 Å². The third-order valence-electron chi connectivity index (χ3n) is 5.27. The predicted octanol–water partition coefficient (Wildman–Crippen LogP) is 5.67. The van der Waals surface area contributed by atoms with Crippen molar-refractivity contribution in [3.8, 4) is 11.3 Å². The van der Waals surface area contributed by atoms with Crippen molar-refractivity contribution in [1.82, 2.24) is 4.57 Å². The Kier molecular flexibility index (Phi) is 6.09. The summed E-state index contributed by atoms with van der Waals surface area (Å²) >= 11 is 3.59. The minimum atomic E-state index is -0.329. The summed E-state index contributed by atoms with van der Waals surface area (Å²) in [4.78, 5) is 16.7. The number of carbonyl (C=O) groups is 1. The van der Waals surface area contributed by atoms with Crippen LogP contribution in [0.25, 0.3) is 22.3 Å².